The fourth-order valence-electron chi connectivity index (χ4n) is 3.47. The van der Waals surface area contributed by atoms with Crippen molar-refractivity contribution >= 4 is 13.1 Å². The number of fused-ring (bicyclic) bond motifs is 1. The molecule has 22 heavy (non-hydrogen) atoms. The van der Waals surface area contributed by atoms with Crippen molar-refractivity contribution in [2.75, 3.05) is 6.61 Å². The third-order valence-electron chi connectivity index (χ3n) is 5.44. The third kappa shape index (κ3) is 2.22. The lowest BCUT2D eigenvalue weighted by Crippen LogP contribution is -2.54. The fourth-order valence-corrected chi connectivity index (χ4v) is 3.47. The lowest BCUT2D eigenvalue weighted by atomic mass is 9.44. The Morgan fingerprint density at radius 2 is 1.55 bits per heavy atom. The van der Waals surface area contributed by atoms with Crippen molar-refractivity contribution in [1.29, 1.82) is 0 Å². The van der Waals surface area contributed by atoms with Crippen LogP contribution < -0.4 is 0 Å². The normalized spacial score (nSPS) is 38.8. The van der Waals surface area contributed by atoms with Gasteiger partial charge in [-0.3, -0.25) is 0 Å². The van der Waals surface area contributed by atoms with E-state index in [0.29, 0.717) is 19.4 Å². The summed E-state index contributed by atoms with van der Waals surface area (Å²) in [4.78, 5) is 12.4. The minimum atomic E-state index is -0.795. The van der Waals surface area contributed by atoms with Gasteiger partial charge in [-0.1, -0.05) is 0 Å². The van der Waals surface area contributed by atoms with Gasteiger partial charge in [-0.25, -0.2) is 4.79 Å². The molecular formula is C16H27BO5. The number of rotatable bonds is 2. The molecule has 1 aliphatic carbocycles. The Labute approximate surface area is 133 Å². The molecule has 4 fully saturated rings. The molecule has 3 heterocycles. The van der Waals surface area contributed by atoms with Gasteiger partial charge >= 0.3 is 13.1 Å². The summed E-state index contributed by atoms with van der Waals surface area (Å²) in [5.41, 5.74) is -2.02. The van der Waals surface area contributed by atoms with E-state index in [1.54, 1.807) is 0 Å². The van der Waals surface area contributed by atoms with Crippen LogP contribution in [0.2, 0.25) is 5.31 Å². The molecule has 124 valence electrons. The number of ether oxygens (including phenoxy) is 2. The predicted molar refractivity (Wildman–Crippen MR) is 82.5 cm³/mol. The zero-order valence-electron chi connectivity index (χ0n) is 14.7. The van der Waals surface area contributed by atoms with Crippen molar-refractivity contribution in [2.45, 2.75) is 89.0 Å². The van der Waals surface area contributed by atoms with Crippen LogP contribution in [0.5, 0.6) is 0 Å². The number of hydrogen-bond donors (Lipinski definition) is 0. The van der Waals surface area contributed by atoms with Crippen molar-refractivity contribution in [3.63, 3.8) is 0 Å². The molecule has 5 nitrogen and oxygen atoms in total. The molecule has 3 saturated heterocycles. The van der Waals surface area contributed by atoms with Crippen molar-refractivity contribution in [3.8, 4) is 0 Å². The number of carbonyl (C=O) groups excluding carboxylic acids is 1. The van der Waals surface area contributed by atoms with Gasteiger partial charge in [0.15, 0.2) is 5.60 Å². The summed E-state index contributed by atoms with van der Waals surface area (Å²) in [6.45, 7) is 14.3. The fraction of sp³-hybridized carbons (Fsp3) is 0.938. The summed E-state index contributed by atoms with van der Waals surface area (Å²) in [5.74, 6) is -0.260. The molecule has 4 aliphatic rings. The first-order valence-electron chi connectivity index (χ1n) is 8.04. The predicted octanol–water partition coefficient (Wildman–Crippen LogP) is 2.72. The maximum Gasteiger partial charge on any atom is 0.467 e. The Hall–Kier alpha value is -0.585. The Morgan fingerprint density at radius 3 is 2.00 bits per heavy atom. The molecular weight excluding hydrogens is 283 g/mol. The summed E-state index contributed by atoms with van der Waals surface area (Å²) < 4.78 is 23.7. The molecule has 0 radical (unpaired) electrons. The molecule has 0 N–H and O–H groups in total. The van der Waals surface area contributed by atoms with Crippen LogP contribution in [-0.2, 0) is 23.6 Å². The standard InChI is InChI=1S/C16H27BO5/c1-12(2,3)20-11(18)16-8-15(9-16,10-19-16)17-21-13(4,5)14(6,7)22-17/h8-10H2,1-7H3. The average molecular weight is 310 g/mol. The number of carbonyl (C=O) groups is 1. The smallest absolute Gasteiger partial charge is 0.458 e. The minimum Gasteiger partial charge on any atom is -0.458 e. The van der Waals surface area contributed by atoms with E-state index >= 15 is 0 Å². The van der Waals surface area contributed by atoms with E-state index in [-0.39, 0.29) is 29.6 Å². The first-order valence-corrected chi connectivity index (χ1v) is 8.04. The van der Waals surface area contributed by atoms with Crippen LogP contribution >= 0.6 is 0 Å². The van der Waals surface area contributed by atoms with Crippen molar-refractivity contribution in [2.24, 2.45) is 0 Å². The highest BCUT2D eigenvalue weighted by Gasteiger charge is 2.75. The molecule has 1 saturated carbocycles. The largest absolute Gasteiger partial charge is 0.467 e. The topological polar surface area (TPSA) is 54.0 Å². The molecule has 0 amide bonds. The van der Waals surface area contributed by atoms with Gasteiger partial charge in [-0.15, -0.1) is 0 Å². The zero-order valence-corrected chi connectivity index (χ0v) is 14.7. The maximum atomic E-state index is 12.4. The lowest BCUT2D eigenvalue weighted by Gasteiger charge is -2.44. The Balaban J connectivity index is 1.70. The molecule has 6 heteroatoms. The second-order valence-electron chi connectivity index (χ2n) is 9.09. The van der Waals surface area contributed by atoms with Crippen LogP contribution in [0.15, 0.2) is 0 Å². The molecule has 0 aromatic rings. The van der Waals surface area contributed by atoms with E-state index in [9.17, 15) is 4.79 Å². The average Bonchev–Trinajstić information content (AvgIpc) is 2.85. The molecule has 0 aromatic heterocycles. The van der Waals surface area contributed by atoms with Gasteiger partial charge in [-0.2, -0.15) is 0 Å². The minimum absolute atomic E-state index is 0.220. The molecule has 2 bridgehead atoms. The van der Waals surface area contributed by atoms with E-state index < -0.39 is 11.2 Å². The van der Waals surface area contributed by atoms with Crippen LogP contribution in [0.4, 0.5) is 0 Å². The molecule has 3 aliphatic heterocycles. The Kier molecular flexibility index (Phi) is 3.17. The summed E-state index contributed by atoms with van der Waals surface area (Å²) >= 11 is 0. The molecule has 0 spiro atoms. The van der Waals surface area contributed by atoms with E-state index in [4.69, 9.17) is 18.8 Å². The number of esters is 1. The Bertz CT molecular complexity index is 483. The van der Waals surface area contributed by atoms with Crippen molar-refractivity contribution in [1.82, 2.24) is 0 Å². The highest BCUT2D eigenvalue weighted by Crippen LogP contribution is 2.67. The molecule has 0 unspecified atom stereocenters. The van der Waals surface area contributed by atoms with Crippen LogP contribution in [0, 0.1) is 0 Å². The van der Waals surface area contributed by atoms with Crippen LogP contribution in [-0.4, -0.2) is 42.1 Å². The van der Waals surface area contributed by atoms with E-state index in [1.807, 2.05) is 48.5 Å². The van der Waals surface area contributed by atoms with Gasteiger partial charge in [0.25, 0.3) is 0 Å². The van der Waals surface area contributed by atoms with Gasteiger partial charge in [0.2, 0.25) is 0 Å². The van der Waals surface area contributed by atoms with Gasteiger partial charge in [-0.05, 0) is 61.3 Å². The van der Waals surface area contributed by atoms with Gasteiger partial charge in [0.1, 0.15) is 5.60 Å². The van der Waals surface area contributed by atoms with Crippen LogP contribution in [0.25, 0.3) is 0 Å². The monoisotopic (exact) mass is 310 g/mol. The first-order chi connectivity index (χ1) is 9.81. The van der Waals surface area contributed by atoms with Gasteiger partial charge < -0.3 is 18.8 Å². The summed E-state index contributed by atoms with van der Waals surface area (Å²) in [7, 11) is -0.324. The first kappa shape index (κ1) is 16.3. The third-order valence-corrected chi connectivity index (χ3v) is 5.44. The molecule has 4 rings (SSSR count). The zero-order chi connectivity index (χ0) is 16.6. The summed E-state index contributed by atoms with van der Waals surface area (Å²) in [6.07, 6.45) is 1.23. The van der Waals surface area contributed by atoms with E-state index in [0.717, 1.165) is 0 Å². The highest BCUT2D eigenvalue weighted by molar-refractivity contribution is 6.50. The molecule has 0 aromatic carbocycles. The maximum absolute atomic E-state index is 12.4. The van der Waals surface area contributed by atoms with Gasteiger partial charge in [0.05, 0.1) is 17.8 Å². The second kappa shape index (κ2) is 4.28. The highest BCUT2D eigenvalue weighted by atomic mass is 16.7. The number of hydrogen-bond acceptors (Lipinski definition) is 5. The van der Waals surface area contributed by atoms with Crippen molar-refractivity contribution in [3.05, 3.63) is 0 Å². The summed E-state index contributed by atoms with van der Waals surface area (Å²) in [5, 5.41) is -0.220. The second-order valence-corrected chi connectivity index (χ2v) is 9.09. The van der Waals surface area contributed by atoms with Crippen LogP contribution in [0.3, 0.4) is 0 Å². The van der Waals surface area contributed by atoms with Crippen molar-refractivity contribution < 1.29 is 23.6 Å². The lowest BCUT2D eigenvalue weighted by molar-refractivity contribution is -0.180. The molecule has 0 atom stereocenters. The van der Waals surface area contributed by atoms with Gasteiger partial charge in [0, 0.05) is 5.31 Å². The van der Waals surface area contributed by atoms with Crippen LogP contribution in [0.1, 0.15) is 61.3 Å². The summed E-state index contributed by atoms with van der Waals surface area (Å²) in [6, 6.07) is 0. The quantitative estimate of drug-likeness (QED) is 0.580. The Morgan fingerprint density at radius 1 is 1.05 bits per heavy atom. The van der Waals surface area contributed by atoms with E-state index in [2.05, 4.69) is 0 Å². The van der Waals surface area contributed by atoms with E-state index in [1.165, 1.54) is 0 Å². The SMILES string of the molecule is CC(C)(C)OC(=O)C12CC(B3OC(C)(C)C(C)(C)O3)(CO1)C2.